The zero-order valence-electron chi connectivity index (χ0n) is 8.34. The van der Waals surface area contributed by atoms with Gasteiger partial charge in [0.05, 0.1) is 0 Å². The SMILES string of the molecule is CC1(C(=O)C2CCCC2)CCCO1. The second-order valence-electron chi connectivity index (χ2n) is 4.53. The van der Waals surface area contributed by atoms with E-state index in [1.165, 1.54) is 12.8 Å². The predicted octanol–water partition coefficient (Wildman–Crippen LogP) is 2.31. The molecule has 1 aliphatic heterocycles. The molecule has 1 aliphatic carbocycles. The minimum absolute atomic E-state index is 0.308. The summed E-state index contributed by atoms with van der Waals surface area (Å²) in [4.78, 5) is 12.0. The van der Waals surface area contributed by atoms with Gasteiger partial charge in [-0.05, 0) is 32.6 Å². The molecule has 2 rings (SSSR count). The Labute approximate surface area is 79.7 Å². The Morgan fingerprint density at radius 1 is 1.31 bits per heavy atom. The number of hydrogen-bond acceptors (Lipinski definition) is 2. The van der Waals surface area contributed by atoms with Gasteiger partial charge in [0, 0.05) is 12.5 Å². The lowest BCUT2D eigenvalue weighted by Gasteiger charge is -2.24. The van der Waals surface area contributed by atoms with Gasteiger partial charge in [0.2, 0.25) is 0 Å². The van der Waals surface area contributed by atoms with Crippen molar-refractivity contribution < 1.29 is 9.53 Å². The average molecular weight is 182 g/mol. The second kappa shape index (κ2) is 3.41. The molecule has 0 spiro atoms. The van der Waals surface area contributed by atoms with Gasteiger partial charge >= 0.3 is 0 Å². The van der Waals surface area contributed by atoms with E-state index in [-0.39, 0.29) is 0 Å². The van der Waals surface area contributed by atoms with Crippen molar-refractivity contribution in [3.63, 3.8) is 0 Å². The van der Waals surface area contributed by atoms with Crippen LogP contribution >= 0.6 is 0 Å². The number of hydrogen-bond donors (Lipinski definition) is 0. The van der Waals surface area contributed by atoms with E-state index in [0.717, 1.165) is 32.3 Å². The van der Waals surface area contributed by atoms with Crippen LogP contribution in [0.1, 0.15) is 45.4 Å². The molecule has 1 saturated carbocycles. The zero-order chi connectivity index (χ0) is 9.31. The quantitative estimate of drug-likeness (QED) is 0.655. The Bertz CT molecular complexity index is 198. The highest BCUT2D eigenvalue weighted by Crippen LogP contribution is 2.35. The molecule has 74 valence electrons. The van der Waals surface area contributed by atoms with Gasteiger partial charge in [-0.1, -0.05) is 12.8 Å². The molecule has 2 fully saturated rings. The summed E-state index contributed by atoms with van der Waals surface area (Å²) in [6.45, 7) is 2.75. The van der Waals surface area contributed by atoms with Crippen LogP contribution < -0.4 is 0 Å². The molecular formula is C11H18O2. The highest BCUT2D eigenvalue weighted by molar-refractivity contribution is 5.89. The smallest absolute Gasteiger partial charge is 0.167 e. The van der Waals surface area contributed by atoms with E-state index in [1.807, 2.05) is 6.92 Å². The van der Waals surface area contributed by atoms with E-state index in [0.29, 0.717) is 11.7 Å². The fraction of sp³-hybridized carbons (Fsp3) is 0.909. The summed E-state index contributed by atoms with van der Waals surface area (Å²) >= 11 is 0. The number of carbonyl (C=O) groups excluding carboxylic acids is 1. The van der Waals surface area contributed by atoms with Crippen molar-refractivity contribution in [2.45, 2.75) is 51.0 Å². The first-order valence-corrected chi connectivity index (χ1v) is 5.41. The highest BCUT2D eigenvalue weighted by Gasteiger charge is 2.41. The van der Waals surface area contributed by atoms with E-state index < -0.39 is 5.60 Å². The van der Waals surface area contributed by atoms with Crippen molar-refractivity contribution in [3.8, 4) is 0 Å². The third-order valence-corrected chi connectivity index (χ3v) is 3.47. The summed E-state index contributed by atoms with van der Waals surface area (Å²) in [5, 5.41) is 0. The molecule has 1 unspecified atom stereocenters. The summed E-state index contributed by atoms with van der Waals surface area (Å²) in [7, 11) is 0. The molecule has 2 nitrogen and oxygen atoms in total. The molecule has 1 atom stereocenters. The van der Waals surface area contributed by atoms with Gasteiger partial charge < -0.3 is 4.74 Å². The molecule has 0 amide bonds. The first-order chi connectivity index (χ1) is 6.22. The molecule has 0 aromatic carbocycles. The van der Waals surface area contributed by atoms with E-state index in [9.17, 15) is 4.79 Å². The molecule has 13 heavy (non-hydrogen) atoms. The number of rotatable bonds is 2. The maximum absolute atomic E-state index is 12.0. The first kappa shape index (κ1) is 9.20. The second-order valence-corrected chi connectivity index (χ2v) is 4.53. The van der Waals surface area contributed by atoms with Crippen LogP contribution in [0.3, 0.4) is 0 Å². The van der Waals surface area contributed by atoms with Crippen molar-refractivity contribution >= 4 is 5.78 Å². The molecule has 1 saturated heterocycles. The average Bonchev–Trinajstić information content (AvgIpc) is 2.73. The Balaban J connectivity index is 2.02. The minimum atomic E-state index is -0.422. The Morgan fingerprint density at radius 3 is 2.54 bits per heavy atom. The lowest BCUT2D eigenvalue weighted by molar-refractivity contribution is -0.141. The molecule has 0 aromatic heterocycles. The van der Waals surface area contributed by atoms with Crippen molar-refractivity contribution in [1.29, 1.82) is 0 Å². The lowest BCUT2D eigenvalue weighted by Crippen LogP contribution is -2.38. The molecule has 2 aliphatic rings. The minimum Gasteiger partial charge on any atom is -0.367 e. The van der Waals surface area contributed by atoms with Crippen molar-refractivity contribution in [3.05, 3.63) is 0 Å². The summed E-state index contributed by atoms with van der Waals surface area (Å²) < 4.78 is 5.57. The van der Waals surface area contributed by atoms with E-state index in [2.05, 4.69) is 0 Å². The largest absolute Gasteiger partial charge is 0.367 e. The van der Waals surface area contributed by atoms with Crippen LogP contribution in [0, 0.1) is 5.92 Å². The van der Waals surface area contributed by atoms with Gasteiger partial charge in [0.15, 0.2) is 5.78 Å². The van der Waals surface area contributed by atoms with Crippen LogP contribution in [-0.4, -0.2) is 18.0 Å². The van der Waals surface area contributed by atoms with Gasteiger partial charge in [0.25, 0.3) is 0 Å². The van der Waals surface area contributed by atoms with Gasteiger partial charge in [0.1, 0.15) is 5.60 Å². The fourth-order valence-electron chi connectivity index (χ4n) is 2.59. The van der Waals surface area contributed by atoms with Crippen molar-refractivity contribution in [2.75, 3.05) is 6.61 Å². The topological polar surface area (TPSA) is 26.3 Å². The monoisotopic (exact) mass is 182 g/mol. The van der Waals surface area contributed by atoms with Crippen molar-refractivity contribution in [1.82, 2.24) is 0 Å². The fourth-order valence-corrected chi connectivity index (χ4v) is 2.59. The number of ether oxygens (including phenoxy) is 1. The van der Waals surface area contributed by atoms with Gasteiger partial charge in [-0.3, -0.25) is 4.79 Å². The van der Waals surface area contributed by atoms with Gasteiger partial charge in [-0.15, -0.1) is 0 Å². The normalized spacial score (nSPS) is 35.5. The predicted molar refractivity (Wildman–Crippen MR) is 50.6 cm³/mol. The Kier molecular flexibility index (Phi) is 2.41. The Morgan fingerprint density at radius 2 is 2.00 bits per heavy atom. The number of ketones is 1. The maximum atomic E-state index is 12.0. The van der Waals surface area contributed by atoms with Crippen LogP contribution in [0.25, 0.3) is 0 Å². The van der Waals surface area contributed by atoms with Gasteiger partial charge in [-0.2, -0.15) is 0 Å². The zero-order valence-corrected chi connectivity index (χ0v) is 8.34. The highest BCUT2D eigenvalue weighted by atomic mass is 16.5. The molecule has 0 N–H and O–H groups in total. The first-order valence-electron chi connectivity index (χ1n) is 5.41. The summed E-state index contributed by atoms with van der Waals surface area (Å²) in [5.74, 6) is 0.686. The van der Waals surface area contributed by atoms with Crippen LogP contribution in [0.5, 0.6) is 0 Å². The van der Waals surface area contributed by atoms with E-state index in [4.69, 9.17) is 4.74 Å². The lowest BCUT2D eigenvalue weighted by atomic mass is 9.87. The molecule has 2 heteroatoms. The third-order valence-electron chi connectivity index (χ3n) is 3.47. The number of Topliss-reactive ketones (excluding diaryl/α,β-unsaturated/α-hetero) is 1. The van der Waals surface area contributed by atoms with Crippen LogP contribution in [0.2, 0.25) is 0 Å². The van der Waals surface area contributed by atoms with E-state index >= 15 is 0 Å². The van der Waals surface area contributed by atoms with Crippen LogP contribution in [0.4, 0.5) is 0 Å². The standard InChI is InChI=1S/C11H18O2/c1-11(7-4-8-13-11)10(12)9-5-2-3-6-9/h9H,2-8H2,1H3. The molecule has 0 bridgehead atoms. The van der Waals surface area contributed by atoms with E-state index in [1.54, 1.807) is 0 Å². The summed E-state index contributed by atoms with van der Waals surface area (Å²) in [6, 6.07) is 0. The molecule has 0 radical (unpaired) electrons. The maximum Gasteiger partial charge on any atom is 0.167 e. The Hall–Kier alpha value is -0.370. The summed E-state index contributed by atoms with van der Waals surface area (Å²) in [5.41, 5.74) is -0.422. The molecule has 1 heterocycles. The summed E-state index contributed by atoms with van der Waals surface area (Å²) in [6.07, 6.45) is 6.63. The van der Waals surface area contributed by atoms with Crippen LogP contribution in [0.15, 0.2) is 0 Å². The third kappa shape index (κ3) is 1.64. The van der Waals surface area contributed by atoms with Crippen molar-refractivity contribution in [2.24, 2.45) is 5.92 Å². The number of carbonyl (C=O) groups is 1. The van der Waals surface area contributed by atoms with Gasteiger partial charge in [-0.25, -0.2) is 0 Å². The molecular weight excluding hydrogens is 164 g/mol. The van der Waals surface area contributed by atoms with Crippen LogP contribution in [-0.2, 0) is 9.53 Å². The molecule has 0 aromatic rings.